The van der Waals surface area contributed by atoms with Gasteiger partial charge in [0.2, 0.25) is 0 Å². The van der Waals surface area contributed by atoms with E-state index in [1.54, 1.807) is 0 Å². The van der Waals surface area contributed by atoms with E-state index in [-0.39, 0.29) is 6.54 Å². The monoisotopic (exact) mass is 449 g/mol. The van der Waals surface area contributed by atoms with Crippen LogP contribution in [0.25, 0.3) is 0 Å². The van der Waals surface area contributed by atoms with Crippen molar-refractivity contribution in [2.75, 3.05) is 6.54 Å². The third-order valence-corrected chi connectivity index (χ3v) is 5.42. The Balaban J connectivity index is 2.21. The molecule has 0 unspecified atom stereocenters. The highest BCUT2D eigenvalue weighted by Crippen LogP contribution is 2.36. The molecule has 4 N–H and O–H groups in total. The molecule has 6 nitrogen and oxygen atoms in total. The van der Waals surface area contributed by atoms with E-state index >= 15 is 0 Å². The summed E-state index contributed by atoms with van der Waals surface area (Å²) in [6.07, 6.45) is -1.73. The molecule has 0 bridgehead atoms. The molecule has 0 aliphatic rings. The van der Waals surface area contributed by atoms with E-state index in [0.29, 0.717) is 13.0 Å². The number of aliphatic hydroxyl groups is 1. The lowest BCUT2D eigenvalue weighted by Gasteiger charge is -2.48. The molecular weight excluding hydrogens is 422 g/mol. The Labute approximate surface area is 174 Å². The second kappa shape index (κ2) is 9.49. The number of rotatable bonds is 8. The van der Waals surface area contributed by atoms with Crippen LogP contribution in [-0.2, 0) is 13.0 Å². The van der Waals surface area contributed by atoms with Gasteiger partial charge in [-0.25, -0.2) is 9.78 Å². The minimum Gasteiger partial charge on any atom is -0.465 e. The van der Waals surface area contributed by atoms with E-state index in [0.717, 1.165) is 15.9 Å². The van der Waals surface area contributed by atoms with E-state index in [1.165, 1.54) is 0 Å². The van der Waals surface area contributed by atoms with Crippen molar-refractivity contribution in [1.82, 2.24) is 15.6 Å². The van der Waals surface area contributed by atoms with E-state index in [2.05, 4.69) is 31.5 Å². The lowest BCUT2D eigenvalue weighted by molar-refractivity contribution is -0.00889. The van der Waals surface area contributed by atoms with Gasteiger partial charge in [0.1, 0.15) is 4.60 Å². The molecule has 7 heteroatoms. The molecule has 28 heavy (non-hydrogen) atoms. The van der Waals surface area contributed by atoms with Crippen molar-refractivity contribution in [3.05, 3.63) is 64.4 Å². The van der Waals surface area contributed by atoms with Crippen LogP contribution in [-0.4, -0.2) is 39.5 Å². The van der Waals surface area contributed by atoms with Crippen molar-refractivity contribution in [3.63, 3.8) is 0 Å². The first kappa shape index (κ1) is 22.3. The maximum Gasteiger partial charge on any atom is 0.405 e. The van der Waals surface area contributed by atoms with E-state index in [4.69, 9.17) is 0 Å². The van der Waals surface area contributed by atoms with Crippen LogP contribution in [0.4, 0.5) is 4.79 Å². The molecule has 152 valence electrons. The van der Waals surface area contributed by atoms with E-state index < -0.39 is 23.2 Å². The fraction of sp³-hybridized carbons (Fsp3) is 0.429. The number of nitrogens with one attached hydrogen (secondary N) is 2. The molecule has 0 saturated carbocycles. The number of hydrogen-bond acceptors (Lipinski definition) is 4. The normalized spacial score (nSPS) is 14.9. The van der Waals surface area contributed by atoms with Crippen LogP contribution in [0.1, 0.15) is 32.0 Å². The van der Waals surface area contributed by atoms with E-state index in [1.807, 2.05) is 69.3 Å². The maximum absolute atomic E-state index is 11.6. The average molecular weight is 450 g/mol. The predicted molar refractivity (Wildman–Crippen MR) is 113 cm³/mol. The van der Waals surface area contributed by atoms with Gasteiger partial charge >= 0.3 is 6.09 Å². The number of pyridine rings is 1. The number of nitrogens with zero attached hydrogens (tertiary/aromatic N) is 1. The molecule has 0 saturated heterocycles. The molecule has 1 aromatic carbocycles. The Kier molecular flexibility index (Phi) is 7.57. The number of aliphatic hydroxyl groups excluding tert-OH is 1. The molecular formula is C21H28BrN3O3. The molecule has 1 heterocycles. The number of aromatic nitrogens is 1. The number of amides is 1. The zero-order valence-electron chi connectivity index (χ0n) is 16.4. The fourth-order valence-corrected chi connectivity index (χ4v) is 3.75. The molecule has 0 aliphatic carbocycles. The zero-order chi connectivity index (χ0) is 20.8. The van der Waals surface area contributed by atoms with Crippen LogP contribution in [0.2, 0.25) is 0 Å². The minimum atomic E-state index is -1.15. The van der Waals surface area contributed by atoms with Crippen LogP contribution >= 0.6 is 15.9 Å². The van der Waals surface area contributed by atoms with Gasteiger partial charge in [0.25, 0.3) is 0 Å². The summed E-state index contributed by atoms with van der Waals surface area (Å²) in [4.78, 5) is 16.0. The van der Waals surface area contributed by atoms with Gasteiger partial charge in [0, 0.05) is 13.1 Å². The minimum absolute atomic E-state index is 0.221. The van der Waals surface area contributed by atoms with Crippen LogP contribution in [0.15, 0.2) is 53.1 Å². The van der Waals surface area contributed by atoms with Gasteiger partial charge in [-0.2, -0.15) is 0 Å². The predicted octanol–water partition coefficient (Wildman–Crippen LogP) is 3.59. The summed E-state index contributed by atoms with van der Waals surface area (Å²) in [5.74, 6) is 0. The average Bonchev–Trinajstić information content (AvgIpc) is 2.60. The number of carboxylic acid groups (broad SMARTS) is 1. The van der Waals surface area contributed by atoms with Crippen LogP contribution in [0, 0.1) is 5.41 Å². The Bertz CT molecular complexity index is 780. The van der Waals surface area contributed by atoms with Gasteiger partial charge in [0.15, 0.2) is 0 Å². The summed E-state index contributed by atoms with van der Waals surface area (Å²) in [6.45, 7) is 6.49. The van der Waals surface area contributed by atoms with Crippen molar-refractivity contribution in [2.24, 2.45) is 5.41 Å². The Hall–Kier alpha value is -1.96. The SMILES string of the molecule is CC(C)(C)[C@](Cc1ccccc1)(NC(=O)O)[C@H](O)CNCc1cccc(Br)n1. The summed E-state index contributed by atoms with van der Waals surface area (Å²) in [5.41, 5.74) is 0.185. The second-order valence-electron chi connectivity index (χ2n) is 7.91. The molecule has 0 aliphatic heterocycles. The maximum atomic E-state index is 11.6. The molecule has 1 amide bonds. The number of benzene rings is 1. The summed E-state index contributed by atoms with van der Waals surface area (Å²) < 4.78 is 0.744. The van der Waals surface area contributed by atoms with Crippen molar-refractivity contribution >= 4 is 22.0 Å². The molecule has 2 atom stereocenters. The molecule has 0 fully saturated rings. The largest absolute Gasteiger partial charge is 0.465 e. The van der Waals surface area contributed by atoms with Crippen molar-refractivity contribution in [1.29, 1.82) is 0 Å². The van der Waals surface area contributed by atoms with Crippen molar-refractivity contribution in [3.8, 4) is 0 Å². The highest BCUT2D eigenvalue weighted by molar-refractivity contribution is 9.10. The van der Waals surface area contributed by atoms with Crippen LogP contribution < -0.4 is 10.6 Å². The summed E-state index contributed by atoms with van der Waals surface area (Å²) >= 11 is 3.34. The van der Waals surface area contributed by atoms with Crippen LogP contribution in [0.5, 0.6) is 0 Å². The first-order valence-corrected chi connectivity index (χ1v) is 9.98. The number of hydrogen-bond donors (Lipinski definition) is 4. The fourth-order valence-electron chi connectivity index (χ4n) is 3.37. The highest BCUT2D eigenvalue weighted by atomic mass is 79.9. The Morgan fingerprint density at radius 1 is 1.14 bits per heavy atom. The lowest BCUT2D eigenvalue weighted by atomic mass is 9.66. The molecule has 0 spiro atoms. The third kappa shape index (κ3) is 5.77. The van der Waals surface area contributed by atoms with Gasteiger partial charge in [-0.15, -0.1) is 0 Å². The first-order chi connectivity index (χ1) is 13.1. The highest BCUT2D eigenvalue weighted by Gasteiger charge is 2.48. The topological polar surface area (TPSA) is 94.5 Å². The van der Waals surface area contributed by atoms with Gasteiger partial charge in [-0.3, -0.25) is 0 Å². The van der Waals surface area contributed by atoms with Crippen LogP contribution in [0.3, 0.4) is 0 Å². The zero-order valence-corrected chi connectivity index (χ0v) is 18.0. The number of carbonyl (C=O) groups is 1. The molecule has 2 aromatic rings. The summed E-state index contributed by atoms with van der Waals surface area (Å²) in [6, 6.07) is 15.2. The third-order valence-electron chi connectivity index (χ3n) is 4.98. The van der Waals surface area contributed by atoms with Gasteiger partial charge in [-0.05, 0) is 45.5 Å². The Morgan fingerprint density at radius 3 is 2.39 bits per heavy atom. The van der Waals surface area contributed by atoms with Crippen molar-refractivity contribution in [2.45, 2.75) is 45.4 Å². The second-order valence-corrected chi connectivity index (χ2v) is 8.72. The number of halogens is 1. The summed E-state index contributed by atoms with van der Waals surface area (Å²) in [7, 11) is 0. The lowest BCUT2D eigenvalue weighted by Crippen LogP contribution is -2.67. The quantitative estimate of drug-likeness (QED) is 0.462. The van der Waals surface area contributed by atoms with Crippen molar-refractivity contribution < 1.29 is 15.0 Å². The smallest absolute Gasteiger partial charge is 0.405 e. The van der Waals surface area contributed by atoms with E-state index in [9.17, 15) is 15.0 Å². The van der Waals surface area contributed by atoms with Gasteiger partial charge < -0.3 is 20.8 Å². The summed E-state index contributed by atoms with van der Waals surface area (Å²) in [5, 5.41) is 26.5. The molecule has 1 aromatic heterocycles. The molecule has 2 rings (SSSR count). The molecule has 0 radical (unpaired) electrons. The standard InChI is InChI=1S/C21H28BrN3O3/c1-20(2,3)21(25-19(27)28,12-15-8-5-4-6-9-15)17(26)14-23-13-16-10-7-11-18(22)24-16/h4-11,17,23,25-26H,12-14H2,1-3H3,(H,27,28)/t17-,21-/m1/s1. The van der Waals surface area contributed by atoms with Gasteiger partial charge in [-0.1, -0.05) is 57.2 Å². The van der Waals surface area contributed by atoms with Gasteiger partial charge in [0.05, 0.1) is 17.3 Å². The Morgan fingerprint density at radius 2 is 1.82 bits per heavy atom. The first-order valence-electron chi connectivity index (χ1n) is 9.19.